The third-order valence-corrected chi connectivity index (χ3v) is 3.11. The molecule has 1 rings (SSSR count). The molecule has 1 heterocycles. The Hall–Kier alpha value is -0.940. The Morgan fingerprint density at radius 3 is 2.94 bits per heavy atom. The highest BCUT2D eigenvalue weighted by atomic mass is 79.9. The summed E-state index contributed by atoms with van der Waals surface area (Å²) in [5, 5.41) is 1.41. The van der Waals surface area contributed by atoms with Crippen molar-refractivity contribution in [2.75, 3.05) is 13.7 Å². The lowest BCUT2D eigenvalue weighted by atomic mass is 10.2. The van der Waals surface area contributed by atoms with Gasteiger partial charge >= 0.3 is 0 Å². The molecule has 0 radical (unpaired) electrons. The van der Waals surface area contributed by atoms with Crippen molar-refractivity contribution in [1.29, 1.82) is 0 Å². The minimum absolute atomic E-state index is 0.0466. The average Bonchev–Trinajstić information content (AvgIpc) is 2.33. The fourth-order valence-electron chi connectivity index (χ4n) is 1.42. The SMILES string of the molecule is CCCCN(OC)C(=O)Cc1cccnc1Br. The number of rotatable bonds is 6. The fraction of sp³-hybridized carbons (Fsp3) is 0.500. The number of unbranched alkanes of at least 4 members (excludes halogenated alkanes) is 1. The molecule has 0 saturated carbocycles. The van der Waals surface area contributed by atoms with Crippen molar-refractivity contribution in [2.45, 2.75) is 26.2 Å². The standard InChI is InChI=1S/C12H17BrN2O2/c1-3-4-8-15(17-2)11(16)9-10-6-5-7-14-12(10)13/h5-7H,3-4,8-9H2,1-2H3. The van der Waals surface area contributed by atoms with Crippen molar-refractivity contribution in [3.05, 3.63) is 28.5 Å². The molecule has 1 aromatic heterocycles. The van der Waals surface area contributed by atoms with E-state index in [1.165, 1.54) is 12.2 Å². The molecule has 0 aliphatic carbocycles. The van der Waals surface area contributed by atoms with Crippen molar-refractivity contribution in [3.8, 4) is 0 Å². The monoisotopic (exact) mass is 300 g/mol. The number of amides is 1. The van der Waals surface area contributed by atoms with Gasteiger partial charge in [-0.05, 0) is 34.0 Å². The first-order valence-corrected chi connectivity index (χ1v) is 6.42. The van der Waals surface area contributed by atoms with E-state index in [2.05, 4.69) is 27.8 Å². The molecule has 0 aromatic carbocycles. The molecular formula is C12H17BrN2O2. The molecule has 0 unspecified atom stereocenters. The fourth-order valence-corrected chi connectivity index (χ4v) is 1.81. The predicted octanol–water partition coefficient (Wildman–Crippen LogP) is 2.58. The van der Waals surface area contributed by atoms with Crippen molar-refractivity contribution in [3.63, 3.8) is 0 Å². The van der Waals surface area contributed by atoms with E-state index in [0.717, 1.165) is 18.4 Å². The lowest BCUT2D eigenvalue weighted by Crippen LogP contribution is -2.32. The topological polar surface area (TPSA) is 42.4 Å². The van der Waals surface area contributed by atoms with Crippen molar-refractivity contribution >= 4 is 21.8 Å². The summed E-state index contributed by atoms with van der Waals surface area (Å²) in [5.41, 5.74) is 0.871. The predicted molar refractivity (Wildman–Crippen MR) is 69.3 cm³/mol. The molecule has 0 atom stereocenters. The quantitative estimate of drug-likeness (QED) is 0.599. The molecule has 5 heteroatoms. The summed E-state index contributed by atoms with van der Waals surface area (Å²) in [6.07, 6.45) is 3.95. The van der Waals surface area contributed by atoms with E-state index in [0.29, 0.717) is 17.6 Å². The number of hydrogen-bond acceptors (Lipinski definition) is 3. The second-order valence-corrected chi connectivity index (χ2v) is 4.41. The Morgan fingerprint density at radius 1 is 1.59 bits per heavy atom. The molecule has 1 amide bonds. The van der Waals surface area contributed by atoms with Crippen molar-refractivity contribution < 1.29 is 9.63 Å². The van der Waals surface area contributed by atoms with Gasteiger partial charge in [-0.1, -0.05) is 19.4 Å². The summed E-state index contributed by atoms with van der Waals surface area (Å²) < 4.78 is 0.708. The van der Waals surface area contributed by atoms with Crippen LogP contribution in [0.2, 0.25) is 0 Å². The molecule has 0 N–H and O–H groups in total. The summed E-state index contributed by atoms with van der Waals surface area (Å²) in [5.74, 6) is -0.0466. The number of halogens is 1. The molecule has 0 aliphatic heterocycles. The highest BCUT2D eigenvalue weighted by molar-refractivity contribution is 9.10. The lowest BCUT2D eigenvalue weighted by Gasteiger charge is -2.19. The Kier molecular flexibility index (Phi) is 6.15. The Labute approximate surface area is 110 Å². The Morgan fingerprint density at radius 2 is 2.35 bits per heavy atom. The van der Waals surface area contributed by atoms with Crippen molar-refractivity contribution in [1.82, 2.24) is 10.0 Å². The first-order chi connectivity index (χ1) is 8.19. The van der Waals surface area contributed by atoms with E-state index < -0.39 is 0 Å². The van der Waals surface area contributed by atoms with Gasteiger partial charge in [0.25, 0.3) is 5.91 Å². The van der Waals surface area contributed by atoms with Gasteiger partial charge in [-0.15, -0.1) is 0 Å². The van der Waals surface area contributed by atoms with Crippen LogP contribution in [0, 0.1) is 0 Å². The zero-order valence-electron chi connectivity index (χ0n) is 10.1. The van der Waals surface area contributed by atoms with Gasteiger partial charge in [-0.2, -0.15) is 0 Å². The number of aromatic nitrogens is 1. The second kappa shape index (κ2) is 7.40. The van der Waals surface area contributed by atoms with Crippen LogP contribution < -0.4 is 0 Å². The molecule has 0 fully saturated rings. The summed E-state index contributed by atoms with van der Waals surface area (Å²) >= 11 is 3.33. The van der Waals surface area contributed by atoms with E-state index >= 15 is 0 Å². The third kappa shape index (κ3) is 4.44. The summed E-state index contributed by atoms with van der Waals surface area (Å²) in [6, 6.07) is 3.69. The number of carbonyl (C=O) groups is 1. The van der Waals surface area contributed by atoms with E-state index in [1.807, 2.05) is 12.1 Å². The van der Waals surface area contributed by atoms with Gasteiger partial charge in [0.15, 0.2) is 0 Å². The van der Waals surface area contributed by atoms with Gasteiger partial charge in [0.1, 0.15) is 4.60 Å². The highest BCUT2D eigenvalue weighted by Crippen LogP contribution is 2.14. The van der Waals surface area contributed by atoms with Gasteiger partial charge < -0.3 is 0 Å². The molecule has 0 bridgehead atoms. The molecular weight excluding hydrogens is 284 g/mol. The summed E-state index contributed by atoms with van der Waals surface area (Å²) in [7, 11) is 1.52. The molecule has 4 nitrogen and oxygen atoms in total. The zero-order valence-corrected chi connectivity index (χ0v) is 11.7. The van der Waals surface area contributed by atoms with Crippen LogP contribution in [0.5, 0.6) is 0 Å². The van der Waals surface area contributed by atoms with Crippen LogP contribution in [0.4, 0.5) is 0 Å². The molecule has 17 heavy (non-hydrogen) atoms. The normalized spacial score (nSPS) is 10.3. The first kappa shape index (κ1) is 14.1. The van der Waals surface area contributed by atoms with Gasteiger partial charge in [0.05, 0.1) is 13.5 Å². The van der Waals surface area contributed by atoms with E-state index in [1.54, 1.807) is 6.20 Å². The van der Waals surface area contributed by atoms with Crippen LogP contribution in [-0.4, -0.2) is 29.6 Å². The van der Waals surface area contributed by atoms with E-state index in [9.17, 15) is 4.79 Å². The first-order valence-electron chi connectivity index (χ1n) is 5.63. The summed E-state index contributed by atoms with van der Waals surface area (Å²) in [6.45, 7) is 2.71. The van der Waals surface area contributed by atoms with Crippen LogP contribution in [-0.2, 0) is 16.1 Å². The van der Waals surface area contributed by atoms with E-state index in [4.69, 9.17) is 4.84 Å². The van der Waals surface area contributed by atoms with Gasteiger partial charge in [-0.25, -0.2) is 10.0 Å². The largest absolute Gasteiger partial charge is 0.274 e. The van der Waals surface area contributed by atoms with Crippen LogP contribution in [0.3, 0.4) is 0 Å². The highest BCUT2D eigenvalue weighted by Gasteiger charge is 2.14. The number of pyridine rings is 1. The number of carbonyl (C=O) groups excluding carboxylic acids is 1. The molecule has 1 aromatic rings. The lowest BCUT2D eigenvalue weighted by molar-refractivity contribution is -0.175. The maximum Gasteiger partial charge on any atom is 0.250 e. The molecule has 0 saturated heterocycles. The van der Waals surface area contributed by atoms with Crippen LogP contribution >= 0.6 is 15.9 Å². The van der Waals surface area contributed by atoms with E-state index in [-0.39, 0.29) is 5.91 Å². The molecule has 94 valence electrons. The van der Waals surface area contributed by atoms with Crippen LogP contribution in [0.25, 0.3) is 0 Å². The maximum absolute atomic E-state index is 12.0. The zero-order chi connectivity index (χ0) is 12.7. The average molecular weight is 301 g/mol. The second-order valence-electron chi connectivity index (χ2n) is 3.66. The molecule has 0 spiro atoms. The minimum atomic E-state index is -0.0466. The number of nitrogens with zero attached hydrogens (tertiary/aromatic N) is 2. The summed E-state index contributed by atoms with van der Waals surface area (Å²) in [4.78, 5) is 21.1. The number of hydroxylamine groups is 2. The van der Waals surface area contributed by atoms with Crippen molar-refractivity contribution in [2.24, 2.45) is 0 Å². The minimum Gasteiger partial charge on any atom is -0.274 e. The van der Waals surface area contributed by atoms with Gasteiger partial charge in [-0.3, -0.25) is 9.63 Å². The van der Waals surface area contributed by atoms with Gasteiger partial charge in [0, 0.05) is 12.7 Å². The Bertz CT molecular complexity index is 371. The third-order valence-electron chi connectivity index (χ3n) is 2.39. The van der Waals surface area contributed by atoms with Crippen LogP contribution in [0.1, 0.15) is 25.3 Å². The number of hydrogen-bond donors (Lipinski definition) is 0. The smallest absolute Gasteiger partial charge is 0.250 e. The maximum atomic E-state index is 12.0. The molecule has 0 aliphatic rings. The van der Waals surface area contributed by atoms with Crippen LogP contribution in [0.15, 0.2) is 22.9 Å². The Balaban J connectivity index is 2.61. The van der Waals surface area contributed by atoms with Gasteiger partial charge in [0.2, 0.25) is 0 Å².